The van der Waals surface area contributed by atoms with E-state index in [1.54, 1.807) is 0 Å². The maximum atomic E-state index is 12.0. The van der Waals surface area contributed by atoms with Crippen LogP contribution >= 0.6 is 23.2 Å². The van der Waals surface area contributed by atoms with Crippen LogP contribution in [0.25, 0.3) is 0 Å². The molecule has 9 heteroatoms. The molecule has 0 aliphatic carbocycles. The van der Waals surface area contributed by atoms with Crippen LogP contribution in [-0.4, -0.2) is 23.2 Å². The zero-order chi connectivity index (χ0) is 18.6. The van der Waals surface area contributed by atoms with Gasteiger partial charge < -0.3 is 10.1 Å². The zero-order valence-corrected chi connectivity index (χ0v) is 14.4. The molecule has 2 rings (SSSR count). The Morgan fingerprint density at radius 2 is 1.92 bits per heavy atom. The van der Waals surface area contributed by atoms with Crippen LogP contribution in [0, 0.1) is 10.1 Å². The van der Waals surface area contributed by atoms with E-state index in [4.69, 9.17) is 27.9 Å². The number of nitrogens with zero attached hydrogens (tertiary/aromatic N) is 1. The number of nitro benzene ring substituents is 1. The second-order valence-electron chi connectivity index (χ2n) is 4.95. The Balaban J connectivity index is 2.08. The number of hydrogen-bond donors (Lipinski definition) is 1. The van der Waals surface area contributed by atoms with Crippen LogP contribution < -0.4 is 10.1 Å². The summed E-state index contributed by atoms with van der Waals surface area (Å²) in [4.78, 5) is 33.7. The summed E-state index contributed by atoms with van der Waals surface area (Å²) < 4.78 is 5.34. The number of non-ortho nitro benzene ring substituents is 1. The molecular weight excluding hydrogens is 371 g/mol. The molecule has 130 valence electrons. The fourth-order valence-corrected chi connectivity index (χ4v) is 2.29. The van der Waals surface area contributed by atoms with Crippen molar-refractivity contribution in [2.24, 2.45) is 0 Å². The van der Waals surface area contributed by atoms with Crippen molar-refractivity contribution in [1.29, 1.82) is 0 Å². The molecule has 0 atom stereocenters. The van der Waals surface area contributed by atoms with Gasteiger partial charge in [0.2, 0.25) is 0 Å². The summed E-state index contributed by atoms with van der Waals surface area (Å²) in [5.41, 5.74) is 0.123. The standard InChI is InChI=1S/C16H12Cl2N2O5/c1-9(21)12-6-10(17)2-5-15(12)25-8-16(22)19-14-7-11(20(23)24)3-4-13(14)18/h2-7H,8H2,1H3,(H,19,22). The van der Waals surface area contributed by atoms with Crippen molar-refractivity contribution in [3.05, 3.63) is 62.1 Å². The number of rotatable bonds is 6. The third-order valence-corrected chi connectivity index (χ3v) is 3.68. The largest absolute Gasteiger partial charge is 0.483 e. The maximum absolute atomic E-state index is 12.0. The SMILES string of the molecule is CC(=O)c1cc(Cl)ccc1OCC(=O)Nc1cc([N+](=O)[O-])ccc1Cl. The number of nitrogens with one attached hydrogen (secondary N) is 1. The molecule has 2 aromatic rings. The lowest BCUT2D eigenvalue weighted by atomic mass is 10.1. The Morgan fingerprint density at radius 3 is 2.56 bits per heavy atom. The smallest absolute Gasteiger partial charge is 0.271 e. The van der Waals surface area contributed by atoms with Gasteiger partial charge in [0.1, 0.15) is 5.75 Å². The predicted octanol–water partition coefficient (Wildman–Crippen LogP) is 4.12. The van der Waals surface area contributed by atoms with Crippen LogP contribution in [0.2, 0.25) is 10.0 Å². The van der Waals surface area contributed by atoms with Crippen LogP contribution in [0.3, 0.4) is 0 Å². The van der Waals surface area contributed by atoms with Crippen molar-refractivity contribution in [1.82, 2.24) is 0 Å². The molecule has 2 aromatic carbocycles. The predicted molar refractivity (Wildman–Crippen MR) is 93.7 cm³/mol. The van der Waals surface area contributed by atoms with Gasteiger partial charge in [-0.2, -0.15) is 0 Å². The van der Waals surface area contributed by atoms with E-state index in [-0.39, 0.29) is 33.5 Å². The molecule has 25 heavy (non-hydrogen) atoms. The van der Waals surface area contributed by atoms with Gasteiger partial charge in [-0.25, -0.2) is 0 Å². The average molecular weight is 383 g/mol. The summed E-state index contributed by atoms with van der Waals surface area (Å²) in [6, 6.07) is 8.12. The van der Waals surface area contributed by atoms with Crippen LogP contribution in [0.15, 0.2) is 36.4 Å². The van der Waals surface area contributed by atoms with E-state index >= 15 is 0 Å². The number of ether oxygens (including phenoxy) is 1. The molecule has 0 heterocycles. The summed E-state index contributed by atoms with van der Waals surface area (Å²) in [6.07, 6.45) is 0. The van der Waals surface area contributed by atoms with Crippen LogP contribution in [0.1, 0.15) is 17.3 Å². The summed E-state index contributed by atoms with van der Waals surface area (Å²) >= 11 is 11.7. The molecule has 1 amide bonds. The van der Waals surface area contributed by atoms with E-state index in [1.807, 2.05) is 0 Å². The van der Waals surface area contributed by atoms with Crippen molar-refractivity contribution in [3.63, 3.8) is 0 Å². The van der Waals surface area contributed by atoms with Gasteiger partial charge in [0.15, 0.2) is 12.4 Å². The molecule has 0 aliphatic rings. The zero-order valence-electron chi connectivity index (χ0n) is 12.9. The number of amides is 1. The van der Waals surface area contributed by atoms with Crippen LogP contribution in [-0.2, 0) is 4.79 Å². The third kappa shape index (κ3) is 4.91. The van der Waals surface area contributed by atoms with E-state index in [0.29, 0.717) is 5.02 Å². The van der Waals surface area contributed by atoms with Crippen molar-refractivity contribution >= 4 is 46.3 Å². The van der Waals surface area contributed by atoms with Gasteiger partial charge in [0.25, 0.3) is 11.6 Å². The number of nitro groups is 1. The lowest BCUT2D eigenvalue weighted by Gasteiger charge is -2.11. The minimum absolute atomic E-state index is 0.0902. The number of benzene rings is 2. The molecule has 0 saturated carbocycles. The Hall–Kier alpha value is -2.64. The van der Waals surface area contributed by atoms with Crippen molar-refractivity contribution in [3.8, 4) is 5.75 Å². The van der Waals surface area contributed by atoms with Crippen molar-refractivity contribution in [2.75, 3.05) is 11.9 Å². The lowest BCUT2D eigenvalue weighted by molar-refractivity contribution is -0.384. The van der Waals surface area contributed by atoms with E-state index in [0.717, 1.165) is 6.07 Å². The Labute approximate surface area is 152 Å². The van der Waals surface area contributed by atoms with Crippen molar-refractivity contribution < 1.29 is 19.2 Å². The van der Waals surface area contributed by atoms with Gasteiger partial charge in [-0.3, -0.25) is 19.7 Å². The number of hydrogen-bond acceptors (Lipinski definition) is 5. The molecule has 0 spiro atoms. The van der Waals surface area contributed by atoms with Crippen LogP contribution in [0.5, 0.6) is 5.75 Å². The minimum Gasteiger partial charge on any atom is -0.483 e. The lowest BCUT2D eigenvalue weighted by Crippen LogP contribution is -2.21. The first kappa shape index (κ1) is 18.7. The third-order valence-electron chi connectivity index (χ3n) is 3.11. The number of anilines is 1. The fourth-order valence-electron chi connectivity index (χ4n) is 1.96. The first-order valence-electron chi connectivity index (χ1n) is 6.95. The molecule has 7 nitrogen and oxygen atoms in total. The molecule has 0 bridgehead atoms. The second kappa shape index (κ2) is 7.96. The number of carbonyl (C=O) groups is 2. The number of halogens is 2. The van der Waals surface area contributed by atoms with Gasteiger partial charge in [0, 0.05) is 17.2 Å². The second-order valence-corrected chi connectivity index (χ2v) is 5.80. The van der Waals surface area contributed by atoms with Crippen LogP contribution in [0.4, 0.5) is 11.4 Å². The maximum Gasteiger partial charge on any atom is 0.271 e. The first-order valence-corrected chi connectivity index (χ1v) is 7.70. The number of Topliss-reactive ketones (excluding diaryl/α,β-unsaturated/α-hetero) is 1. The van der Waals surface area contributed by atoms with Gasteiger partial charge in [-0.05, 0) is 31.2 Å². The summed E-state index contributed by atoms with van der Waals surface area (Å²) in [7, 11) is 0. The molecule has 0 unspecified atom stereocenters. The highest BCUT2D eigenvalue weighted by Gasteiger charge is 2.14. The monoisotopic (exact) mass is 382 g/mol. The summed E-state index contributed by atoms with van der Waals surface area (Å²) in [5, 5.41) is 13.7. The molecular formula is C16H12Cl2N2O5. The van der Waals surface area contributed by atoms with Crippen molar-refractivity contribution in [2.45, 2.75) is 6.92 Å². The molecule has 0 fully saturated rings. The van der Waals surface area contributed by atoms with E-state index in [9.17, 15) is 19.7 Å². The fraction of sp³-hybridized carbons (Fsp3) is 0.125. The normalized spacial score (nSPS) is 10.2. The highest BCUT2D eigenvalue weighted by Crippen LogP contribution is 2.27. The molecule has 0 saturated heterocycles. The van der Waals surface area contributed by atoms with Gasteiger partial charge in [-0.15, -0.1) is 0 Å². The molecule has 0 aliphatic heterocycles. The Morgan fingerprint density at radius 1 is 1.20 bits per heavy atom. The Kier molecular flexibility index (Phi) is 5.95. The van der Waals surface area contributed by atoms with Gasteiger partial charge in [-0.1, -0.05) is 23.2 Å². The highest BCUT2D eigenvalue weighted by molar-refractivity contribution is 6.33. The highest BCUT2D eigenvalue weighted by atomic mass is 35.5. The summed E-state index contributed by atoms with van der Waals surface area (Å²) in [6.45, 7) is 0.933. The topological polar surface area (TPSA) is 98.5 Å². The number of carbonyl (C=O) groups excluding carboxylic acids is 2. The molecule has 0 aromatic heterocycles. The Bertz CT molecular complexity index is 854. The summed E-state index contributed by atoms with van der Waals surface area (Å²) in [5.74, 6) is -0.649. The number of ketones is 1. The van der Waals surface area contributed by atoms with E-state index in [1.165, 1.54) is 37.3 Å². The van der Waals surface area contributed by atoms with Gasteiger partial charge >= 0.3 is 0 Å². The van der Waals surface area contributed by atoms with Gasteiger partial charge in [0.05, 0.1) is 21.2 Å². The average Bonchev–Trinajstić information content (AvgIpc) is 2.55. The van der Waals surface area contributed by atoms with E-state index in [2.05, 4.69) is 5.32 Å². The van der Waals surface area contributed by atoms with E-state index < -0.39 is 17.4 Å². The molecule has 0 radical (unpaired) electrons. The first-order chi connectivity index (χ1) is 11.8. The minimum atomic E-state index is -0.602. The molecule has 1 N–H and O–H groups in total. The quantitative estimate of drug-likeness (QED) is 0.460.